The average Bonchev–Trinajstić information content (AvgIpc) is 2.98. The van der Waals surface area contributed by atoms with Gasteiger partial charge in [0, 0.05) is 28.8 Å². The first-order valence-corrected chi connectivity index (χ1v) is 7.25. The number of nitriles is 1. The second-order valence-electron chi connectivity index (χ2n) is 5.09. The minimum Gasteiger partial charge on any atom is -0.349 e. The van der Waals surface area contributed by atoms with E-state index >= 15 is 0 Å². The number of amides is 1. The van der Waals surface area contributed by atoms with Gasteiger partial charge in [-0.2, -0.15) is 5.26 Å². The maximum Gasteiger partial charge on any atom is 0.270 e. The molecule has 0 unspecified atom stereocenters. The van der Waals surface area contributed by atoms with Crippen LogP contribution in [0.2, 0.25) is 5.02 Å². The molecule has 1 saturated carbocycles. The van der Waals surface area contributed by atoms with Crippen molar-refractivity contribution in [2.45, 2.75) is 31.7 Å². The summed E-state index contributed by atoms with van der Waals surface area (Å²) >= 11 is 5.97. The van der Waals surface area contributed by atoms with E-state index in [2.05, 4.69) is 5.32 Å². The maximum absolute atomic E-state index is 12.1. The summed E-state index contributed by atoms with van der Waals surface area (Å²) in [5.74, 6) is -0.475. The number of benzene rings is 1. The molecule has 1 amide bonds. The lowest BCUT2D eigenvalue weighted by atomic mass is 10.1. The molecule has 1 aliphatic rings. The summed E-state index contributed by atoms with van der Waals surface area (Å²) in [5, 5.41) is 23.0. The number of carbonyl (C=O) groups excluding carboxylic acids is 1. The van der Waals surface area contributed by atoms with Gasteiger partial charge in [0.25, 0.3) is 11.6 Å². The van der Waals surface area contributed by atoms with Gasteiger partial charge < -0.3 is 5.32 Å². The predicted octanol–water partition coefficient (Wildman–Crippen LogP) is 3.21. The SMILES string of the molecule is N#C/C(=C\c1cc([N+](=O)[O-])ccc1Cl)C(=O)NC1CCCC1. The van der Waals surface area contributed by atoms with E-state index in [0.29, 0.717) is 0 Å². The van der Waals surface area contributed by atoms with Crippen molar-refractivity contribution in [3.8, 4) is 6.07 Å². The normalized spacial score (nSPS) is 15.4. The van der Waals surface area contributed by atoms with Gasteiger partial charge in [-0.1, -0.05) is 24.4 Å². The van der Waals surface area contributed by atoms with E-state index in [1.54, 1.807) is 0 Å². The van der Waals surface area contributed by atoms with Gasteiger partial charge in [0.2, 0.25) is 0 Å². The number of nitro groups is 1. The van der Waals surface area contributed by atoms with E-state index in [9.17, 15) is 14.9 Å². The lowest BCUT2D eigenvalue weighted by Crippen LogP contribution is -2.33. The molecular weight excluding hydrogens is 306 g/mol. The molecule has 1 aromatic rings. The molecule has 0 bridgehead atoms. The number of halogens is 1. The fourth-order valence-corrected chi connectivity index (χ4v) is 2.56. The van der Waals surface area contributed by atoms with Gasteiger partial charge in [0.1, 0.15) is 11.6 Å². The van der Waals surface area contributed by atoms with Crippen molar-refractivity contribution in [1.29, 1.82) is 5.26 Å². The summed E-state index contributed by atoms with van der Waals surface area (Å²) in [6, 6.07) is 5.79. The highest BCUT2D eigenvalue weighted by Crippen LogP contribution is 2.24. The zero-order valence-corrected chi connectivity index (χ0v) is 12.5. The van der Waals surface area contributed by atoms with Crippen molar-refractivity contribution in [1.82, 2.24) is 5.32 Å². The number of nitrogens with one attached hydrogen (secondary N) is 1. The van der Waals surface area contributed by atoms with E-state index in [4.69, 9.17) is 16.9 Å². The summed E-state index contributed by atoms with van der Waals surface area (Å²) in [6.07, 6.45) is 5.21. The summed E-state index contributed by atoms with van der Waals surface area (Å²) in [6.45, 7) is 0. The summed E-state index contributed by atoms with van der Waals surface area (Å²) < 4.78 is 0. The quantitative estimate of drug-likeness (QED) is 0.399. The van der Waals surface area contributed by atoms with Crippen molar-refractivity contribution >= 4 is 29.3 Å². The van der Waals surface area contributed by atoms with Crippen LogP contribution in [0.4, 0.5) is 5.69 Å². The van der Waals surface area contributed by atoms with Crippen LogP contribution in [0.5, 0.6) is 0 Å². The molecular formula is C15H14ClN3O3. The summed E-state index contributed by atoms with van der Waals surface area (Å²) in [7, 11) is 0. The average molecular weight is 320 g/mol. The van der Waals surface area contributed by atoms with E-state index in [1.807, 2.05) is 6.07 Å². The van der Waals surface area contributed by atoms with Crippen molar-refractivity contribution < 1.29 is 9.72 Å². The number of nitro benzene ring substituents is 1. The highest BCUT2D eigenvalue weighted by atomic mass is 35.5. The first-order chi connectivity index (χ1) is 10.5. The smallest absolute Gasteiger partial charge is 0.270 e. The van der Waals surface area contributed by atoms with Crippen LogP contribution in [0, 0.1) is 21.4 Å². The molecule has 1 aromatic carbocycles. The number of nitrogens with zero attached hydrogens (tertiary/aromatic N) is 2. The van der Waals surface area contributed by atoms with Gasteiger partial charge in [-0.05, 0) is 25.0 Å². The number of non-ortho nitro benzene ring substituents is 1. The van der Waals surface area contributed by atoms with E-state index < -0.39 is 10.8 Å². The van der Waals surface area contributed by atoms with Gasteiger partial charge in [0.15, 0.2) is 0 Å². The Morgan fingerprint density at radius 3 is 2.73 bits per heavy atom. The van der Waals surface area contributed by atoms with Crippen molar-refractivity contribution in [2.24, 2.45) is 0 Å². The van der Waals surface area contributed by atoms with Crippen LogP contribution in [-0.2, 0) is 4.79 Å². The topological polar surface area (TPSA) is 96.0 Å². The third kappa shape index (κ3) is 3.83. The van der Waals surface area contributed by atoms with Crippen LogP contribution in [0.15, 0.2) is 23.8 Å². The van der Waals surface area contributed by atoms with E-state index in [1.165, 1.54) is 24.3 Å². The van der Waals surface area contributed by atoms with Gasteiger partial charge in [-0.15, -0.1) is 0 Å². The molecule has 6 nitrogen and oxygen atoms in total. The van der Waals surface area contributed by atoms with Gasteiger partial charge in [0.05, 0.1) is 4.92 Å². The molecule has 0 aliphatic heterocycles. The van der Waals surface area contributed by atoms with Crippen LogP contribution < -0.4 is 5.32 Å². The Labute approximate surface area is 132 Å². The Bertz CT molecular complexity index is 673. The molecule has 0 radical (unpaired) electrons. The molecule has 22 heavy (non-hydrogen) atoms. The summed E-state index contributed by atoms with van der Waals surface area (Å²) in [5.41, 5.74) is 0.00688. The first kappa shape index (κ1) is 16.0. The standard InChI is InChI=1S/C15H14ClN3O3/c16-14-6-5-13(19(21)22)8-10(14)7-11(9-17)15(20)18-12-3-1-2-4-12/h5-8,12H,1-4H2,(H,18,20)/b11-7+. The highest BCUT2D eigenvalue weighted by Gasteiger charge is 2.19. The summed E-state index contributed by atoms with van der Waals surface area (Å²) in [4.78, 5) is 22.3. The molecule has 7 heteroatoms. The Kier molecular flexibility index (Phi) is 5.12. The molecule has 114 valence electrons. The third-order valence-corrected chi connectivity index (χ3v) is 3.89. The first-order valence-electron chi connectivity index (χ1n) is 6.88. The predicted molar refractivity (Wildman–Crippen MR) is 82.1 cm³/mol. The van der Waals surface area contributed by atoms with Crippen LogP contribution in [0.25, 0.3) is 6.08 Å². The Morgan fingerprint density at radius 1 is 1.45 bits per heavy atom. The molecule has 0 saturated heterocycles. The molecule has 0 spiro atoms. The largest absolute Gasteiger partial charge is 0.349 e. The molecule has 0 heterocycles. The van der Waals surface area contributed by atoms with Gasteiger partial charge in [-0.25, -0.2) is 0 Å². The van der Waals surface area contributed by atoms with Crippen molar-refractivity contribution in [3.63, 3.8) is 0 Å². The minimum absolute atomic E-state index is 0.0878. The minimum atomic E-state index is -0.557. The monoisotopic (exact) mass is 319 g/mol. The van der Waals surface area contributed by atoms with Crippen LogP contribution >= 0.6 is 11.6 Å². The molecule has 0 atom stereocenters. The maximum atomic E-state index is 12.1. The van der Waals surface area contributed by atoms with Crippen LogP contribution in [0.1, 0.15) is 31.2 Å². The fraction of sp³-hybridized carbons (Fsp3) is 0.333. The number of hydrogen-bond acceptors (Lipinski definition) is 4. The highest BCUT2D eigenvalue weighted by molar-refractivity contribution is 6.32. The zero-order chi connectivity index (χ0) is 16.1. The fourth-order valence-electron chi connectivity index (χ4n) is 2.39. The van der Waals surface area contributed by atoms with Crippen LogP contribution in [0.3, 0.4) is 0 Å². The second kappa shape index (κ2) is 7.05. The molecule has 1 aliphatic carbocycles. The van der Waals surface area contributed by atoms with Crippen molar-refractivity contribution in [2.75, 3.05) is 0 Å². The number of carbonyl (C=O) groups is 1. The molecule has 1 N–H and O–H groups in total. The zero-order valence-electron chi connectivity index (χ0n) is 11.7. The van der Waals surface area contributed by atoms with Gasteiger partial charge >= 0.3 is 0 Å². The number of hydrogen-bond donors (Lipinski definition) is 1. The third-order valence-electron chi connectivity index (χ3n) is 3.55. The molecule has 2 rings (SSSR count). The Hall–Kier alpha value is -2.39. The molecule has 1 fully saturated rings. The lowest BCUT2D eigenvalue weighted by molar-refractivity contribution is -0.384. The van der Waals surface area contributed by atoms with Crippen LogP contribution in [-0.4, -0.2) is 16.9 Å². The number of rotatable bonds is 4. The Morgan fingerprint density at radius 2 is 2.14 bits per heavy atom. The van der Waals surface area contributed by atoms with Crippen molar-refractivity contribution in [3.05, 3.63) is 44.5 Å². The van der Waals surface area contributed by atoms with Gasteiger partial charge in [-0.3, -0.25) is 14.9 Å². The Balaban J connectivity index is 2.24. The second-order valence-corrected chi connectivity index (χ2v) is 5.49. The van der Waals surface area contributed by atoms with E-state index in [0.717, 1.165) is 25.7 Å². The lowest BCUT2D eigenvalue weighted by Gasteiger charge is -2.11. The van der Waals surface area contributed by atoms with E-state index in [-0.39, 0.29) is 27.9 Å². The molecule has 0 aromatic heterocycles.